The van der Waals surface area contributed by atoms with E-state index in [1.807, 2.05) is 0 Å². The maximum Gasteiger partial charge on any atom is 0.310 e. The van der Waals surface area contributed by atoms with E-state index in [4.69, 9.17) is 16.9 Å². The highest BCUT2D eigenvalue weighted by molar-refractivity contribution is 6.32. The molecule has 0 spiro atoms. The van der Waals surface area contributed by atoms with Crippen molar-refractivity contribution in [3.05, 3.63) is 28.0 Å². The van der Waals surface area contributed by atoms with Gasteiger partial charge in [0.2, 0.25) is 0 Å². The normalized spacial score (nSPS) is 10.1. The van der Waals surface area contributed by atoms with Crippen molar-refractivity contribution in [3.63, 3.8) is 0 Å². The second-order valence-corrected chi connectivity index (χ2v) is 3.40. The van der Waals surface area contributed by atoms with Gasteiger partial charge >= 0.3 is 5.97 Å². The third-order valence-corrected chi connectivity index (χ3v) is 2.47. The SMILES string of the molecule is COC(=O)Cc1c(C#N)ncc(C(F)F)c1Cl. The number of esters is 1. The van der Waals surface area contributed by atoms with Gasteiger partial charge in [0.15, 0.2) is 0 Å². The number of aromatic nitrogens is 1. The minimum absolute atomic E-state index is 0.0428. The molecule has 0 fully saturated rings. The molecule has 0 saturated heterocycles. The Morgan fingerprint density at radius 2 is 2.35 bits per heavy atom. The van der Waals surface area contributed by atoms with Gasteiger partial charge in [0.1, 0.15) is 11.8 Å². The molecule has 17 heavy (non-hydrogen) atoms. The number of alkyl halides is 2. The first-order valence-electron chi connectivity index (χ1n) is 4.43. The van der Waals surface area contributed by atoms with E-state index < -0.39 is 18.0 Å². The molecule has 4 nitrogen and oxygen atoms in total. The van der Waals surface area contributed by atoms with Crippen molar-refractivity contribution < 1.29 is 18.3 Å². The molecule has 0 aromatic carbocycles. The van der Waals surface area contributed by atoms with E-state index in [0.717, 1.165) is 13.3 Å². The second-order valence-electron chi connectivity index (χ2n) is 3.02. The van der Waals surface area contributed by atoms with E-state index in [9.17, 15) is 13.6 Å². The second kappa shape index (κ2) is 5.55. The summed E-state index contributed by atoms with van der Waals surface area (Å²) < 4.78 is 29.5. The molecule has 0 atom stereocenters. The summed E-state index contributed by atoms with van der Waals surface area (Å²) >= 11 is 5.71. The van der Waals surface area contributed by atoms with Crippen molar-refractivity contribution in [1.29, 1.82) is 5.26 Å². The minimum Gasteiger partial charge on any atom is -0.469 e. The molecule has 1 rings (SSSR count). The van der Waals surface area contributed by atoms with Crippen LogP contribution in [0.2, 0.25) is 5.02 Å². The van der Waals surface area contributed by atoms with Crippen LogP contribution in [0.25, 0.3) is 0 Å². The lowest BCUT2D eigenvalue weighted by atomic mass is 10.1. The van der Waals surface area contributed by atoms with Crippen molar-refractivity contribution >= 4 is 17.6 Å². The lowest BCUT2D eigenvalue weighted by Gasteiger charge is -2.09. The van der Waals surface area contributed by atoms with Gasteiger partial charge in [0, 0.05) is 11.8 Å². The van der Waals surface area contributed by atoms with Gasteiger partial charge in [-0.05, 0) is 0 Å². The van der Waals surface area contributed by atoms with Gasteiger partial charge in [-0.3, -0.25) is 4.79 Å². The highest BCUT2D eigenvalue weighted by atomic mass is 35.5. The Bertz CT molecular complexity index is 486. The van der Waals surface area contributed by atoms with Crippen LogP contribution >= 0.6 is 11.6 Å². The highest BCUT2D eigenvalue weighted by Crippen LogP contribution is 2.30. The number of carbonyl (C=O) groups excluding carboxylic acids is 1. The van der Waals surface area contributed by atoms with Crippen LogP contribution in [0.15, 0.2) is 6.20 Å². The van der Waals surface area contributed by atoms with E-state index in [0.29, 0.717) is 0 Å². The summed E-state index contributed by atoms with van der Waals surface area (Å²) in [5.74, 6) is -0.684. The van der Waals surface area contributed by atoms with Gasteiger partial charge in [0.05, 0.1) is 24.1 Å². The molecule has 0 saturated carbocycles. The molecule has 0 unspecified atom stereocenters. The molecule has 0 amide bonds. The lowest BCUT2D eigenvalue weighted by Crippen LogP contribution is -2.09. The summed E-state index contributed by atoms with van der Waals surface area (Å²) in [5, 5.41) is 8.42. The largest absolute Gasteiger partial charge is 0.469 e. The van der Waals surface area contributed by atoms with Crippen LogP contribution in [0, 0.1) is 11.3 Å². The number of hydrogen-bond donors (Lipinski definition) is 0. The van der Waals surface area contributed by atoms with Gasteiger partial charge < -0.3 is 4.74 Å². The zero-order valence-electron chi connectivity index (χ0n) is 8.71. The Morgan fingerprint density at radius 3 is 2.82 bits per heavy atom. The van der Waals surface area contributed by atoms with Crippen LogP contribution in [-0.4, -0.2) is 18.1 Å². The van der Waals surface area contributed by atoms with Gasteiger partial charge in [-0.15, -0.1) is 0 Å². The summed E-state index contributed by atoms with van der Waals surface area (Å²) in [4.78, 5) is 14.6. The molecule has 1 aromatic heterocycles. The molecule has 7 heteroatoms. The summed E-state index contributed by atoms with van der Waals surface area (Å²) in [6.45, 7) is 0. The predicted octanol–water partition coefficient (Wildman–Crippen LogP) is 2.26. The van der Waals surface area contributed by atoms with Crippen LogP contribution < -0.4 is 0 Å². The van der Waals surface area contributed by atoms with Crippen LogP contribution in [0.4, 0.5) is 8.78 Å². The molecule has 0 radical (unpaired) electrons. The molecule has 0 aliphatic carbocycles. The molecular weight excluding hydrogens is 254 g/mol. The lowest BCUT2D eigenvalue weighted by molar-refractivity contribution is -0.139. The van der Waals surface area contributed by atoms with Crippen LogP contribution in [0.3, 0.4) is 0 Å². The number of ether oxygens (including phenoxy) is 1. The number of hydrogen-bond acceptors (Lipinski definition) is 4. The number of rotatable bonds is 3. The zero-order chi connectivity index (χ0) is 13.0. The Morgan fingerprint density at radius 1 is 1.71 bits per heavy atom. The Kier molecular flexibility index (Phi) is 4.35. The maximum absolute atomic E-state index is 12.5. The van der Waals surface area contributed by atoms with Crippen LogP contribution in [-0.2, 0) is 16.0 Å². The number of nitrogens with zero attached hydrogens (tertiary/aromatic N) is 2. The highest BCUT2D eigenvalue weighted by Gasteiger charge is 2.21. The fraction of sp³-hybridized carbons (Fsp3) is 0.300. The van der Waals surface area contributed by atoms with E-state index in [1.165, 1.54) is 0 Å². The van der Waals surface area contributed by atoms with Crippen molar-refractivity contribution in [2.75, 3.05) is 7.11 Å². The monoisotopic (exact) mass is 260 g/mol. The van der Waals surface area contributed by atoms with Gasteiger partial charge in [-0.2, -0.15) is 5.26 Å². The third-order valence-electron chi connectivity index (χ3n) is 2.03. The van der Waals surface area contributed by atoms with Crippen LogP contribution in [0.1, 0.15) is 23.2 Å². The summed E-state index contributed by atoms with van der Waals surface area (Å²) in [7, 11) is 1.15. The Hall–Kier alpha value is -1.74. The summed E-state index contributed by atoms with van der Waals surface area (Å²) in [6, 6.07) is 1.68. The van der Waals surface area contributed by atoms with Crippen molar-refractivity contribution in [3.8, 4) is 6.07 Å². The topological polar surface area (TPSA) is 63.0 Å². The molecule has 90 valence electrons. The van der Waals surface area contributed by atoms with E-state index in [2.05, 4.69) is 9.72 Å². The standard InChI is InChI=1S/C10H7ClF2N2O2/c1-17-8(16)2-5-7(3-14)15-4-6(9(5)11)10(12)13/h4,10H,2H2,1H3. The van der Waals surface area contributed by atoms with E-state index in [-0.39, 0.29) is 22.7 Å². The number of methoxy groups -OCH3 is 1. The van der Waals surface area contributed by atoms with Crippen molar-refractivity contribution in [2.24, 2.45) is 0 Å². The maximum atomic E-state index is 12.5. The zero-order valence-corrected chi connectivity index (χ0v) is 9.46. The average molecular weight is 261 g/mol. The van der Waals surface area contributed by atoms with E-state index in [1.54, 1.807) is 6.07 Å². The molecule has 1 aromatic rings. The quantitative estimate of drug-likeness (QED) is 0.782. The van der Waals surface area contributed by atoms with Gasteiger partial charge in [-0.1, -0.05) is 11.6 Å². The molecule has 0 N–H and O–H groups in total. The van der Waals surface area contributed by atoms with Crippen LogP contribution in [0.5, 0.6) is 0 Å². The molecule has 0 aliphatic heterocycles. The number of carbonyl (C=O) groups is 1. The number of halogens is 3. The van der Waals surface area contributed by atoms with Crippen molar-refractivity contribution in [2.45, 2.75) is 12.8 Å². The predicted molar refractivity (Wildman–Crippen MR) is 54.6 cm³/mol. The first-order valence-corrected chi connectivity index (χ1v) is 4.81. The van der Waals surface area contributed by atoms with Gasteiger partial charge in [-0.25, -0.2) is 13.8 Å². The molecule has 0 bridgehead atoms. The smallest absolute Gasteiger partial charge is 0.310 e. The first-order chi connectivity index (χ1) is 8.01. The first kappa shape index (κ1) is 13.3. The fourth-order valence-corrected chi connectivity index (χ4v) is 1.46. The molecule has 1 heterocycles. The van der Waals surface area contributed by atoms with Crippen molar-refractivity contribution in [1.82, 2.24) is 4.98 Å². The minimum atomic E-state index is -2.82. The molecule has 0 aliphatic rings. The average Bonchev–Trinajstić information content (AvgIpc) is 2.30. The summed E-state index contributed by atoms with van der Waals surface area (Å²) in [6.07, 6.45) is -2.36. The third kappa shape index (κ3) is 2.88. The number of pyridine rings is 1. The number of nitriles is 1. The van der Waals surface area contributed by atoms with E-state index >= 15 is 0 Å². The summed E-state index contributed by atoms with van der Waals surface area (Å²) in [5.41, 5.74) is -0.715. The van der Waals surface area contributed by atoms with Gasteiger partial charge in [0.25, 0.3) is 6.43 Å². The molecular formula is C10H7ClF2N2O2. The Labute approximate surface area is 101 Å². The Balaban J connectivity index is 3.28. The fourth-order valence-electron chi connectivity index (χ4n) is 1.17.